The van der Waals surface area contributed by atoms with Gasteiger partial charge in [0.25, 0.3) is 0 Å². The number of rotatable bonds is 11. The van der Waals surface area contributed by atoms with Gasteiger partial charge in [0, 0.05) is 11.6 Å². The number of hydrogen-bond acceptors (Lipinski definition) is 5. The van der Waals surface area contributed by atoms with Gasteiger partial charge in [0.2, 0.25) is 0 Å². The Balaban J connectivity index is 0.00000256. The molecular weight excluding hydrogens is 447 g/mol. The number of fused-ring (bicyclic) bond motifs is 1. The number of aromatic hydroxyl groups is 2. The van der Waals surface area contributed by atoms with Gasteiger partial charge in [-0.1, -0.05) is 49.6 Å². The van der Waals surface area contributed by atoms with E-state index in [1.165, 1.54) is 24.8 Å². The number of nitrogens with two attached hydrogens (primary N) is 1. The minimum absolute atomic E-state index is 0. The van der Waals surface area contributed by atoms with Crippen molar-refractivity contribution < 1.29 is 15.3 Å². The van der Waals surface area contributed by atoms with Crippen molar-refractivity contribution in [1.82, 2.24) is 5.32 Å². The second kappa shape index (κ2) is 14.6. The van der Waals surface area contributed by atoms with Gasteiger partial charge in [-0.15, -0.1) is 24.8 Å². The SMILES string of the molecule is Cl.Cl.NC1CCc2c(ccc(O)c2O)C1CCCCCCNCCc1ccc(CO)cc1. The van der Waals surface area contributed by atoms with Gasteiger partial charge < -0.3 is 26.4 Å². The minimum atomic E-state index is -0.0300. The van der Waals surface area contributed by atoms with Crippen molar-refractivity contribution in [1.29, 1.82) is 0 Å². The Morgan fingerprint density at radius 1 is 0.875 bits per heavy atom. The fourth-order valence-corrected chi connectivity index (χ4v) is 4.50. The zero-order valence-corrected chi connectivity index (χ0v) is 20.3. The van der Waals surface area contributed by atoms with Gasteiger partial charge in [-0.25, -0.2) is 0 Å². The van der Waals surface area contributed by atoms with Crippen LogP contribution in [-0.2, 0) is 19.4 Å². The van der Waals surface area contributed by atoms with Crippen LogP contribution >= 0.6 is 24.8 Å². The van der Waals surface area contributed by atoms with Gasteiger partial charge >= 0.3 is 0 Å². The first-order valence-corrected chi connectivity index (χ1v) is 11.3. The Labute approximate surface area is 204 Å². The molecular formula is C25H38Cl2N2O3. The van der Waals surface area contributed by atoms with Crippen LogP contribution in [-0.4, -0.2) is 34.5 Å². The fraction of sp³-hybridized carbons (Fsp3) is 0.520. The van der Waals surface area contributed by atoms with Gasteiger partial charge in [-0.3, -0.25) is 0 Å². The molecule has 1 aliphatic carbocycles. The maximum Gasteiger partial charge on any atom is 0.160 e. The highest BCUT2D eigenvalue weighted by Gasteiger charge is 2.29. The molecule has 7 heteroatoms. The zero-order chi connectivity index (χ0) is 21.3. The molecule has 0 fully saturated rings. The number of benzene rings is 2. The molecule has 2 aromatic carbocycles. The van der Waals surface area contributed by atoms with E-state index < -0.39 is 0 Å². The van der Waals surface area contributed by atoms with Gasteiger partial charge in [0.15, 0.2) is 11.5 Å². The molecule has 2 aromatic rings. The molecule has 0 saturated heterocycles. The van der Waals surface area contributed by atoms with E-state index in [9.17, 15) is 10.2 Å². The summed E-state index contributed by atoms with van der Waals surface area (Å²) in [5.41, 5.74) is 10.6. The molecule has 0 aliphatic heterocycles. The van der Waals surface area contributed by atoms with Crippen LogP contribution in [0.5, 0.6) is 11.5 Å². The van der Waals surface area contributed by atoms with Gasteiger partial charge in [-0.2, -0.15) is 0 Å². The van der Waals surface area contributed by atoms with Crippen molar-refractivity contribution in [3.05, 3.63) is 58.7 Å². The van der Waals surface area contributed by atoms with Crippen molar-refractivity contribution in [2.75, 3.05) is 13.1 Å². The number of aliphatic hydroxyl groups excluding tert-OH is 1. The number of phenolic OH excluding ortho intramolecular Hbond substituents is 2. The molecule has 1 aliphatic rings. The quantitative estimate of drug-likeness (QED) is 0.237. The van der Waals surface area contributed by atoms with Crippen molar-refractivity contribution in [3.8, 4) is 11.5 Å². The van der Waals surface area contributed by atoms with Crippen molar-refractivity contribution in [3.63, 3.8) is 0 Å². The second-order valence-electron chi connectivity index (χ2n) is 8.49. The molecule has 0 saturated carbocycles. The average molecular weight is 485 g/mol. The van der Waals surface area contributed by atoms with Gasteiger partial charge in [0.05, 0.1) is 6.61 Å². The molecule has 2 unspecified atom stereocenters. The summed E-state index contributed by atoms with van der Waals surface area (Å²) in [4.78, 5) is 0. The highest BCUT2D eigenvalue weighted by atomic mass is 35.5. The van der Waals surface area contributed by atoms with E-state index in [4.69, 9.17) is 10.8 Å². The monoisotopic (exact) mass is 484 g/mol. The van der Waals surface area contributed by atoms with Crippen LogP contribution in [0.3, 0.4) is 0 Å². The van der Waals surface area contributed by atoms with E-state index in [1.54, 1.807) is 6.07 Å². The van der Waals surface area contributed by atoms with E-state index in [2.05, 4.69) is 17.4 Å². The van der Waals surface area contributed by atoms with Crippen LogP contribution < -0.4 is 11.1 Å². The lowest BCUT2D eigenvalue weighted by molar-refractivity contribution is 0.282. The molecule has 32 heavy (non-hydrogen) atoms. The molecule has 180 valence electrons. The normalized spacial score (nSPS) is 17.2. The molecule has 0 spiro atoms. The van der Waals surface area contributed by atoms with E-state index in [1.807, 2.05) is 18.2 Å². The average Bonchev–Trinajstić information content (AvgIpc) is 2.76. The lowest BCUT2D eigenvalue weighted by Crippen LogP contribution is -2.33. The summed E-state index contributed by atoms with van der Waals surface area (Å²) in [5, 5.41) is 32.5. The molecule has 0 bridgehead atoms. The highest BCUT2D eigenvalue weighted by Crippen LogP contribution is 2.42. The summed E-state index contributed by atoms with van der Waals surface area (Å²) in [6, 6.07) is 11.8. The predicted octanol–water partition coefficient (Wildman–Crippen LogP) is 4.57. The van der Waals surface area contributed by atoms with E-state index in [0.717, 1.165) is 61.9 Å². The number of unbranched alkanes of at least 4 members (excludes halogenated alkanes) is 3. The Kier molecular flexibility index (Phi) is 13.0. The topological polar surface area (TPSA) is 98.7 Å². The third kappa shape index (κ3) is 7.82. The highest BCUT2D eigenvalue weighted by molar-refractivity contribution is 5.85. The molecule has 0 heterocycles. The Morgan fingerprint density at radius 3 is 2.28 bits per heavy atom. The fourth-order valence-electron chi connectivity index (χ4n) is 4.50. The molecule has 0 amide bonds. The van der Waals surface area contributed by atoms with E-state index in [-0.39, 0.29) is 54.9 Å². The van der Waals surface area contributed by atoms with Crippen LogP contribution in [0.15, 0.2) is 36.4 Å². The van der Waals surface area contributed by atoms with E-state index >= 15 is 0 Å². The largest absolute Gasteiger partial charge is 0.504 e. The van der Waals surface area contributed by atoms with Gasteiger partial charge in [0.1, 0.15) is 0 Å². The van der Waals surface area contributed by atoms with Crippen LogP contribution in [0.1, 0.15) is 66.7 Å². The van der Waals surface area contributed by atoms with E-state index in [0.29, 0.717) is 0 Å². The number of hydrogen-bond donors (Lipinski definition) is 5. The molecule has 2 atom stereocenters. The van der Waals surface area contributed by atoms with Crippen molar-refractivity contribution in [2.45, 2.75) is 69.9 Å². The van der Waals surface area contributed by atoms with Crippen LogP contribution in [0.25, 0.3) is 0 Å². The number of phenols is 2. The molecule has 0 aromatic heterocycles. The summed E-state index contributed by atoms with van der Waals surface area (Å²) < 4.78 is 0. The van der Waals surface area contributed by atoms with Crippen LogP contribution in [0.4, 0.5) is 0 Å². The summed E-state index contributed by atoms with van der Waals surface area (Å²) in [6.07, 6.45) is 8.34. The van der Waals surface area contributed by atoms with Crippen LogP contribution in [0.2, 0.25) is 0 Å². The number of aliphatic hydroxyl groups is 1. The third-order valence-corrected chi connectivity index (χ3v) is 6.36. The lowest BCUT2D eigenvalue weighted by Gasteiger charge is -2.32. The Morgan fingerprint density at radius 2 is 1.56 bits per heavy atom. The first-order chi connectivity index (χ1) is 14.6. The van der Waals surface area contributed by atoms with Crippen molar-refractivity contribution in [2.24, 2.45) is 5.73 Å². The summed E-state index contributed by atoms with van der Waals surface area (Å²) in [6.45, 7) is 2.11. The lowest BCUT2D eigenvalue weighted by atomic mass is 9.76. The predicted molar refractivity (Wildman–Crippen MR) is 135 cm³/mol. The molecule has 6 N–H and O–H groups in total. The summed E-state index contributed by atoms with van der Waals surface area (Å²) >= 11 is 0. The van der Waals surface area contributed by atoms with Crippen LogP contribution in [0, 0.1) is 0 Å². The third-order valence-electron chi connectivity index (χ3n) is 6.36. The Bertz CT molecular complexity index is 803. The maximum atomic E-state index is 10.1. The minimum Gasteiger partial charge on any atom is -0.504 e. The number of nitrogens with one attached hydrogen (secondary N) is 1. The summed E-state index contributed by atoms with van der Waals surface area (Å²) in [5.74, 6) is 0.285. The molecule has 0 radical (unpaired) electrons. The number of halogens is 2. The smallest absolute Gasteiger partial charge is 0.160 e. The molecule has 5 nitrogen and oxygen atoms in total. The Hall–Kier alpha value is -1.50. The zero-order valence-electron chi connectivity index (χ0n) is 18.6. The van der Waals surface area contributed by atoms with Crippen molar-refractivity contribution >= 4 is 24.8 Å². The van der Waals surface area contributed by atoms with Gasteiger partial charge in [-0.05, 0) is 73.9 Å². The molecule has 3 rings (SSSR count). The summed E-state index contributed by atoms with van der Waals surface area (Å²) in [7, 11) is 0. The second-order valence-corrected chi connectivity index (χ2v) is 8.49. The maximum absolute atomic E-state index is 10.1. The first kappa shape index (κ1) is 28.5. The standard InChI is InChI=1S/C25H36N2O3.2ClH/c26-23-12-10-22-20(11-13-24(29)25(22)30)21(23)5-3-1-2-4-15-27-16-14-18-6-8-19(17-28)9-7-18;;/h6-9,11,13,21,23,27-30H,1-5,10,12,14-17,26H2;2*1H. The first-order valence-electron chi connectivity index (χ1n) is 11.3.